The van der Waals surface area contributed by atoms with E-state index in [1.807, 2.05) is 29.0 Å². The van der Waals surface area contributed by atoms with Gasteiger partial charge in [-0.3, -0.25) is 4.79 Å². The predicted molar refractivity (Wildman–Crippen MR) is 134 cm³/mol. The Morgan fingerprint density at radius 3 is 2.68 bits per heavy atom. The lowest BCUT2D eigenvalue weighted by Crippen LogP contribution is -2.37. The highest BCUT2D eigenvalue weighted by molar-refractivity contribution is 7.89. The zero-order chi connectivity index (χ0) is 23.7. The summed E-state index contributed by atoms with van der Waals surface area (Å²) in [6, 6.07) is 15.7. The molecule has 0 radical (unpaired) electrons. The molecule has 1 atom stereocenters. The van der Waals surface area contributed by atoms with Crippen molar-refractivity contribution in [2.75, 3.05) is 13.1 Å². The number of aryl methyl sites for hydroxylation is 2. The smallest absolute Gasteiger partial charge is 0.243 e. The summed E-state index contributed by atoms with van der Waals surface area (Å²) in [6.07, 6.45) is 7.28. The van der Waals surface area contributed by atoms with E-state index in [0.29, 0.717) is 36.9 Å². The van der Waals surface area contributed by atoms with Gasteiger partial charge in [0.2, 0.25) is 15.9 Å². The SMILES string of the molecule is CC1CCN(S(=O)(=O)c2ccc3c(ccn3CCC(=O)N[C@@H]3CCCc4ccccc43)c2)CC1. The summed E-state index contributed by atoms with van der Waals surface area (Å²) in [5.41, 5.74) is 3.52. The van der Waals surface area contributed by atoms with Crippen LogP contribution in [0.1, 0.15) is 56.2 Å². The molecule has 1 amide bonds. The first-order valence-corrected chi connectivity index (χ1v) is 13.8. The van der Waals surface area contributed by atoms with Gasteiger partial charge in [-0.2, -0.15) is 4.31 Å². The number of carbonyl (C=O) groups is 1. The standard InChI is InChI=1S/C27H33N3O3S/c1-20-11-17-30(18-12-20)34(32,33)23-9-10-26-22(19-23)13-15-29(26)16-14-27(31)28-25-8-4-6-21-5-2-3-7-24(21)25/h2-3,5,7,9-10,13,15,19-20,25H,4,6,8,11-12,14,16-18H2,1H3,(H,28,31)/t25-/m1/s1. The molecule has 3 aromatic rings. The molecule has 0 saturated carbocycles. The number of hydrogen-bond acceptors (Lipinski definition) is 3. The van der Waals surface area contributed by atoms with Crippen molar-refractivity contribution in [1.29, 1.82) is 0 Å². The molecule has 5 rings (SSSR count). The number of amides is 1. The average Bonchev–Trinajstić information content (AvgIpc) is 3.25. The molecule has 0 spiro atoms. The molecule has 1 N–H and O–H groups in total. The summed E-state index contributed by atoms with van der Waals surface area (Å²) in [4.78, 5) is 13.1. The van der Waals surface area contributed by atoms with Crippen molar-refractivity contribution in [3.8, 4) is 0 Å². The summed E-state index contributed by atoms with van der Waals surface area (Å²) >= 11 is 0. The maximum atomic E-state index is 13.1. The Morgan fingerprint density at radius 2 is 1.85 bits per heavy atom. The highest BCUT2D eigenvalue weighted by Crippen LogP contribution is 2.30. The Hall–Kier alpha value is -2.64. The lowest BCUT2D eigenvalue weighted by atomic mass is 9.88. The number of nitrogens with one attached hydrogen (secondary N) is 1. The molecule has 0 unspecified atom stereocenters. The number of nitrogens with zero attached hydrogens (tertiary/aromatic N) is 2. The summed E-state index contributed by atoms with van der Waals surface area (Å²) < 4.78 is 29.8. The van der Waals surface area contributed by atoms with Crippen LogP contribution in [0.4, 0.5) is 0 Å². The van der Waals surface area contributed by atoms with Gasteiger partial charge in [-0.1, -0.05) is 31.2 Å². The first-order valence-electron chi connectivity index (χ1n) is 12.4. The second-order valence-electron chi connectivity index (χ2n) is 9.78. The summed E-state index contributed by atoms with van der Waals surface area (Å²) in [6.45, 7) is 3.90. The van der Waals surface area contributed by atoms with Crippen LogP contribution in [0, 0.1) is 5.92 Å². The highest BCUT2D eigenvalue weighted by Gasteiger charge is 2.28. The van der Waals surface area contributed by atoms with Crippen LogP contribution in [-0.4, -0.2) is 36.3 Å². The lowest BCUT2D eigenvalue weighted by molar-refractivity contribution is -0.122. The molecule has 2 aromatic carbocycles. The van der Waals surface area contributed by atoms with E-state index in [1.54, 1.807) is 16.4 Å². The molecule has 1 fully saturated rings. The van der Waals surface area contributed by atoms with E-state index in [1.165, 1.54) is 11.1 Å². The van der Waals surface area contributed by atoms with E-state index in [0.717, 1.165) is 43.0 Å². The molecule has 1 aromatic heterocycles. The summed E-state index contributed by atoms with van der Waals surface area (Å²) in [7, 11) is -3.47. The third kappa shape index (κ3) is 4.64. The van der Waals surface area contributed by atoms with E-state index < -0.39 is 10.0 Å². The third-order valence-corrected chi connectivity index (χ3v) is 9.30. The van der Waals surface area contributed by atoms with Gasteiger partial charge < -0.3 is 9.88 Å². The Balaban J connectivity index is 1.24. The van der Waals surface area contributed by atoms with Gasteiger partial charge in [-0.05, 0) is 73.4 Å². The molecule has 2 aliphatic rings. The van der Waals surface area contributed by atoms with Crippen LogP contribution in [0.15, 0.2) is 59.6 Å². The van der Waals surface area contributed by atoms with Crippen LogP contribution < -0.4 is 5.32 Å². The molecule has 34 heavy (non-hydrogen) atoms. The van der Waals surface area contributed by atoms with Crippen molar-refractivity contribution in [3.63, 3.8) is 0 Å². The van der Waals surface area contributed by atoms with E-state index in [4.69, 9.17) is 0 Å². The van der Waals surface area contributed by atoms with Crippen LogP contribution in [0.5, 0.6) is 0 Å². The number of fused-ring (bicyclic) bond motifs is 2. The fourth-order valence-electron chi connectivity index (χ4n) is 5.30. The van der Waals surface area contributed by atoms with Crippen molar-refractivity contribution in [3.05, 3.63) is 65.9 Å². The van der Waals surface area contributed by atoms with Gasteiger partial charge in [0.1, 0.15) is 0 Å². The molecule has 7 heteroatoms. The number of aromatic nitrogens is 1. The van der Waals surface area contributed by atoms with Gasteiger partial charge in [-0.25, -0.2) is 8.42 Å². The highest BCUT2D eigenvalue weighted by atomic mass is 32.2. The second-order valence-corrected chi connectivity index (χ2v) is 11.7. The van der Waals surface area contributed by atoms with Crippen LogP contribution in [0.25, 0.3) is 10.9 Å². The topological polar surface area (TPSA) is 71.4 Å². The van der Waals surface area contributed by atoms with E-state index in [2.05, 4.69) is 30.4 Å². The van der Waals surface area contributed by atoms with E-state index in [9.17, 15) is 13.2 Å². The molecule has 1 saturated heterocycles. The van der Waals surface area contributed by atoms with Crippen LogP contribution in [0.2, 0.25) is 0 Å². The zero-order valence-electron chi connectivity index (χ0n) is 19.7. The maximum absolute atomic E-state index is 13.1. The van der Waals surface area contributed by atoms with Crippen molar-refractivity contribution in [2.45, 2.75) is 62.9 Å². The van der Waals surface area contributed by atoms with Gasteiger partial charge in [0.05, 0.1) is 10.9 Å². The van der Waals surface area contributed by atoms with Crippen molar-refractivity contribution < 1.29 is 13.2 Å². The van der Waals surface area contributed by atoms with Gasteiger partial charge in [0.15, 0.2) is 0 Å². The molecule has 180 valence electrons. The minimum Gasteiger partial charge on any atom is -0.349 e. The van der Waals surface area contributed by atoms with Gasteiger partial charge in [-0.15, -0.1) is 0 Å². The molecular formula is C27H33N3O3S. The lowest BCUT2D eigenvalue weighted by Gasteiger charge is -2.29. The van der Waals surface area contributed by atoms with Gasteiger partial charge in [0.25, 0.3) is 0 Å². The van der Waals surface area contributed by atoms with Crippen molar-refractivity contribution in [2.24, 2.45) is 5.92 Å². The number of benzene rings is 2. The second kappa shape index (κ2) is 9.55. The number of carbonyl (C=O) groups excluding carboxylic acids is 1. The molecule has 2 heterocycles. The predicted octanol–water partition coefficient (Wildman–Crippen LogP) is 4.65. The zero-order valence-corrected chi connectivity index (χ0v) is 20.6. The van der Waals surface area contributed by atoms with Crippen LogP contribution in [0.3, 0.4) is 0 Å². The number of piperidine rings is 1. The fraction of sp³-hybridized carbons (Fsp3) is 0.444. The number of hydrogen-bond donors (Lipinski definition) is 1. The quantitative estimate of drug-likeness (QED) is 0.560. The molecule has 0 bridgehead atoms. The Morgan fingerprint density at radius 1 is 1.06 bits per heavy atom. The van der Waals surface area contributed by atoms with E-state index >= 15 is 0 Å². The maximum Gasteiger partial charge on any atom is 0.243 e. The summed E-state index contributed by atoms with van der Waals surface area (Å²) in [5, 5.41) is 4.10. The van der Waals surface area contributed by atoms with Crippen molar-refractivity contribution >= 4 is 26.8 Å². The molecule has 6 nitrogen and oxygen atoms in total. The molecule has 1 aliphatic carbocycles. The van der Waals surface area contributed by atoms with Crippen LogP contribution >= 0.6 is 0 Å². The normalized spacial score (nSPS) is 19.7. The number of sulfonamides is 1. The van der Waals surface area contributed by atoms with Gasteiger partial charge in [0, 0.05) is 43.2 Å². The van der Waals surface area contributed by atoms with Crippen LogP contribution in [-0.2, 0) is 27.8 Å². The molecular weight excluding hydrogens is 446 g/mol. The first kappa shape index (κ1) is 23.1. The largest absolute Gasteiger partial charge is 0.349 e. The van der Waals surface area contributed by atoms with E-state index in [-0.39, 0.29) is 11.9 Å². The first-order chi connectivity index (χ1) is 16.4. The Labute approximate surface area is 202 Å². The number of rotatable bonds is 6. The summed E-state index contributed by atoms with van der Waals surface area (Å²) in [5.74, 6) is 0.620. The van der Waals surface area contributed by atoms with Gasteiger partial charge >= 0.3 is 0 Å². The Bertz CT molecular complexity index is 1290. The fourth-order valence-corrected chi connectivity index (χ4v) is 6.81. The third-order valence-electron chi connectivity index (χ3n) is 7.41. The minimum atomic E-state index is -3.47. The minimum absolute atomic E-state index is 0.0436. The average molecular weight is 480 g/mol. The molecule has 1 aliphatic heterocycles. The van der Waals surface area contributed by atoms with Crippen molar-refractivity contribution in [1.82, 2.24) is 14.2 Å². The monoisotopic (exact) mass is 479 g/mol. The Kier molecular flexibility index (Phi) is 6.49.